The number of hydrogen-bond donors (Lipinski definition) is 2. The second kappa shape index (κ2) is 6.24. The van der Waals surface area contributed by atoms with Crippen LogP contribution in [0.3, 0.4) is 0 Å². The van der Waals surface area contributed by atoms with E-state index in [-0.39, 0.29) is 36.6 Å². The molecule has 1 aliphatic carbocycles. The molecule has 2 unspecified atom stereocenters. The first-order chi connectivity index (χ1) is 9.45. The van der Waals surface area contributed by atoms with Gasteiger partial charge in [0, 0.05) is 32.0 Å². The highest BCUT2D eigenvalue weighted by molar-refractivity contribution is 5.89. The molecular weight excluding hydrogens is 260 g/mol. The maximum Gasteiger partial charge on any atom is 0.303 e. The molecule has 112 valence electrons. The summed E-state index contributed by atoms with van der Waals surface area (Å²) in [6.45, 7) is 3.09. The molecule has 20 heavy (non-hydrogen) atoms. The van der Waals surface area contributed by atoms with Crippen molar-refractivity contribution < 1.29 is 19.5 Å². The molecule has 1 aliphatic heterocycles. The number of likely N-dealkylation sites (tertiary alicyclic amines) is 1. The second-order valence-electron chi connectivity index (χ2n) is 5.99. The van der Waals surface area contributed by atoms with Crippen LogP contribution in [-0.2, 0) is 14.4 Å². The van der Waals surface area contributed by atoms with Gasteiger partial charge in [-0.1, -0.05) is 0 Å². The summed E-state index contributed by atoms with van der Waals surface area (Å²) in [5.74, 6) is -0.577. The van der Waals surface area contributed by atoms with E-state index in [4.69, 9.17) is 5.11 Å². The third kappa shape index (κ3) is 4.21. The molecule has 2 N–H and O–H groups in total. The minimum atomic E-state index is -0.863. The predicted octanol–water partition coefficient (Wildman–Crippen LogP) is 0.614. The van der Waals surface area contributed by atoms with E-state index in [1.807, 2.05) is 0 Å². The van der Waals surface area contributed by atoms with E-state index in [1.165, 1.54) is 12.8 Å². The quantitative estimate of drug-likeness (QED) is 0.716. The Morgan fingerprint density at radius 1 is 1.45 bits per heavy atom. The van der Waals surface area contributed by atoms with Crippen LogP contribution in [-0.4, -0.2) is 46.9 Å². The summed E-state index contributed by atoms with van der Waals surface area (Å²) in [6.07, 6.45) is 3.11. The molecule has 0 bridgehead atoms. The van der Waals surface area contributed by atoms with Crippen LogP contribution in [0.5, 0.6) is 0 Å². The Labute approximate surface area is 118 Å². The highest BCUT2D eigenvalue weighted by Gasteiger charge is 2.37. The van der Waals surface area contributed by atoms with Gasteiger partial charge in [-0.25, -0.2) is 0 Å². The number of aliphatic carboxylic acids is 1. The number of carboxylic acids is 1. The molecule has 2 rings (SSSR count). The fourth-order valence-corrected chi connectivity index (χ4v) is 2.51. The van der Waals surface area contributed by atoms with Gasteiger partial charge in [0.15, 0.2) is 0 Å². The molecule has 6 nitrogen and oxygen atoms in total. The summed E-state index contributed by atoms with van der Waals surface area (Å²) in [5, 5.41) is 11.4. The van der Waals surface area contributed by atoms with E-state index in [9.17, 15) is 14.4 Å². The van der Waals surface area contributed by atoms with Gasteiger partial charge in [-0.15, -0.1) is 0 Å². The van der Waals surface area contributed by atoms with Gasteiger partial charge >= 0.3 is 5.97 Å². The third-order valence-electron chi connectivity index (χ3n) is 3.94. The highest BCUT2D eigenvalue weighted by atomic mass is 16.4. The van der Waals surface area contributed by atoms with Crippen molar-refractivity contribution in [2.24, 2.45) is 11.8 Å². The lowest BCUT2D eigenvalue weighted by Crippen LogP contribution is -2.38. The molecule has 6 heteroatoms. The van der Waals surface area contributed by atoms with Crippen LogP contribution in [0.1, 0.15) is 39.0 Å². The van der Waals surface area contributed by atoms with E-state index in [0.717, 1.165) is 6.54 Å². The first kappa shape index (κ1) is 14.8. The number of carbonyl (C=O) groups excluding carboxylic acids is 2. The van der Waals surface area contributed by atoms with Gasteiger partial charge < -0.3 is 15.3 Å². The van der Waals surface area contributed by atoms with E-state index in [2.05, 4.69) is 5.32 Å². The first-order valence-electron chi connectivity index (χ1n) is 7.25. The summed E-state index contributed by atoms with van der Waals surface area (Å²) in [5.41, 5.74) is 0. The van der Waals surface area contributed by atoms with Gasteiger partial charge in [0.2, 0.25) is 11.8 Å². The van der Waals surface area contributed by atoms with E-state index >= 15 is 0 Å². The summed E-state index contributed by atoms with van der Waals surface area (Å²) in [6, 6.07) is -0.175. The molecule has 2 amide bonds. The molecular formula is C14H22N2O4. The lowest BCUT2D eigenvalue weighted by Gasteiger charge is -2.18. The van der Waals surface area contributed by atoms with Crippen LogP contribution in [0.25, 0.3) is 0 Å². The normalized spacial score (nSPS) is 23.8. The Kier molecular flexibility index (Phi) is 4.62. The van der Waals surface area contributed by atoms with Gasteiger partial charge in [-0.05, 0) is 32.1 Å². The molecule has 1 heterocycles. The van der Waals surface area contributed by atoms with Crippen molar-refractivity contribution in [3.8, 4) is 0 Å². The predicted molar refractivity (Wildman–Crippen MR) is 71.9 cm³/mol. The first-order valence-corrected chi connectivity index (χ1v) is 7.25. The van der Waals surface area contributed by atoms with Crippen molar-refractivity contribution in [2.75, 3.05) is 13.1 Å². The summed E-state index contributed by atoms with van der Waals surface area (Å²) >= 11 is 0. The standard InChI is InChI=1S/C14H22N2O4/c1-9(2-5-13(18)19)15-14(20)11-6-12(17)16(8-11)7-10-3-4-10/h9-11H,2-8H2,1H3,(H,15,20)(H,18,19). The number of amides is 2. The lowest BCUT2D eigenvalue weighted by atomic mass is 10.1. The minimum Gasteiger partial charge on any atom is -0.481 e. The molecule has 0 aromatic rings. The Morgan fingerprint density at radius 3 is 2.75 bits per heavy atom. The maximum absolute atomic E-state index is 12.1. The van der Waals surface area contributed by atoms with Crippen molar-refractivity contribution in [3.63, 3.8) is 0 Å². The van der Waals surface area contributed by atoms with Gasteiger partial charge in [0.1, 0.15) is 0 Å². The zero-order chi connectivity index (χ0) is 14.7. The van der Waals surface area contributed by atoms with E-state index < -0.39 is 5.97 Å². The summed E-state index contributed by atoms with van der Waals surface area (Å²) < 4.78 is 0. The molecule has 2 aliphatic rings. The van der Waals surface area contributed by atoms with Crippen molar-refractivity contribution in [2.45, 2.75) is 45.1 Å². The number of carbonyl (C=O) groups is 3. The maximum atomic E-state index is 12.1. The van der Waals surface area contributed by atoms with Crippen molar-refractivity contribution in [3.05, 3.63) is 0 Å². The van der Waals surface area contributed by atoms with Gasteiger partial charge in [-0.3, -0.25) is 14.4 Å². The Balaban J connectivity index is 1.75. The topological polar surface area (TPSA) is 86.7 Å². The van der Waals surface area contributed by atoms with E-state index in [0.29, 0.717) is 18.9 Å². The Bertz CT molecular complexity index is 406. The molecule has 0 aromatic carbocycles. The summed E-state index contributed by atoms with van der Waals surface area (Å²) in [7, 11) is 0. The number of carboxylic acid groups (broad SMARTS) is 1. The van der Waals surface area contributed by atoms with Gasteiger partial charge in [0.05, 0.1) is 5.92 Å². The number of nitrogens with one attached hydrogen (secondary N) is 1. The average Bonchev–Trinajstić information content (AvgIpc) is 3.10. The highest BCUT2D eigenvalue weighted by Crippen LogP contribution is 2.32. The fourth-order valence-electron chi connectivity index (χ4n) is 2.51. The third-order valence-corrected chi connectivity index (χ3v) is 3.94. The minimum absolute atomic E-state index is 0.0405. The average molecular weight is 282 g/mol. The van der Waals surface area contributed by atoms with Crippen LogP contribution >= 0.6 is 0 Å². The van der Waals surface area contributed by atoms with Crippen molar-refractivity contribution in [1.29, 1.82) is 0 Å². The molecule has 1 saturated heterocycles. The smallest absolute Gasteiger partial charge is 0.303 e. The van der Waals surface area contributed by atoms with Crippen LogP contribution < -0.4 is 5.32 Å². The molecule has 1 saturated carbocycles. The number of hydrogen-bond acceptors (Lipinski definition) is 3. The van der Waals surface area contributed by atoms with E-state index in [1.54, 1.807) is 11.8 Å². The molecule has 2 atom stereocenters. The Morgan fingerprint density at radius 2 is 2.15 bits per heavy atom. The summed E-state index contributed by atoms with van der Waals surface area (Å²) in [4.78, 5) is 36.1. The zero-order valence-electron chi connectivity index (χ0n) is 11.8. The van der Waals surface area contributed by atoms with Crippen molar-refractivity contribution >= 4 is 17.8 Å². The molecule has 2 fully saturated rings. The SMILES string of the molecule is CC(CCC(=O)O)NC(=O)C1CC(=O)N(CC2CC2)C1. The monoisotopic (exact) mass is 282 g/mol. The molecule has 0 aromatic heterocycles. The van der Waals surface area contributed by atoms with Crippen molar-refractivity contribution in [1.82, 2.24) is 10.2 Å². The van der Waals surface area contributed by atoms with Crippen LogP contribution in [0, 0.1) is 11.8 Å². The van der Waals surface area contributed by atoms with Gasteiger partial charge in [-0.2, -0.15) is 0 Å². The second-order valence-corrected chi connectivity index (χ2v) is 5.99. The van der Waals surface area contributed by atoms with Gasteiger partial charge in [0.25, 0.3) is 0 Å². The number of nitrogens with zero attached hydrogens (tertiary/aromatic N) is 1. The lowest BCUT2D eigenvalue weighted by molar-refractivity contribution is -0.137. The fraction of sp³-hybridized carbons (Fsp3) is 0.786. The Hall–Kier alpha value is -1.59. The number of rotatable bonds is 7. The molecule has 0 spiro atoms. The van der Waals surface area contributed by atoms with Crippen LogP contribution in [0.15, 0.2) is 0 Å². The largest absolute Gasteiger partial charge is 0.481 e. The van der Waals surface area contributed by atoms with Crippen LogP contribution in [0.2, 0.25) is 0 Å². The molecule has 0 radical (unpaired) electrons. The zero-order valence-corrected chi connectivity index (χ0v) is 11.8. The van der Waals surface area contributed by atoms with Crippen LogP contribution in [0.4, 0.5) is 0 Å².